The number of hydrogen-bond acceptors (Lipinski definition) is 4. The van der Waals surface area contributed by atoms with Crippen LogP contribution in [0.1, 0.15) is 271 Å². The topological polar surface area (TPSA) is 38.3 Å². The third-order valence-electron chi connectivity index (χ3n) is 12.2. The third kappa shape index (κ3) is 39.0. The van der Waals surface area contributed by atoms with E-state index in [0.29, 0.717) is 5.12 Å². The fraction of sp³-hybridized carbons (Fsp3) is 0.980. The summed E-state index contributed by atoms with van der Waals surface area (Å²) in [6.45, 7) is 10.2. The molecule has 1 unspecified atom stereocenters. The second kappa shape index (κ2) is 44.3. The van der Waals surface area contributed by atoms with Crippen molar-refractivity contribution in [3.05, 3.63) is 0 Å². The van der Waals surface area contributed by atoms with Crippen molar-refractivity contribution in [2.24, 2.45) is 0 Å². The van der Waals surface area contributed by atoms with Gasteiger partial charge in [0.2, 0.25) is 0 Å². The molecule has 0 aliphatic rings. The first-order valence-electron chi connectivity index (χ1n) is 25.0. The van der Waals surface area contributed by atoms with Crippen LogP contribution < -0.4 is 5.32 Å². The molecule has 0 aliphatic carbocycles. The average Bonchev–Trinajstić information content (AvgIpc) is 3.18. The van der Waals surface area contributed by atoms with Crippen LogP contribution in [0.25, 0.3) is 0 Å². The molecule has 0 saturated carbocycles. The Balaban J connectivity index is 4.40. The molecule has 0 fully saturated rings. The van der Waals surface area contributed by atoms with Crippen LogP contribution in [0, 0.1) is 0 Å². The van der Waals surface area contributed by atoms with Crippen molar-refractivity contribution in [1.82, 2.24) is 5.32 Å². The minimum atomic E-state index is -1.24. The van der Waals surface area contributed by atoms with Gasteiger partial charge in [-0.1, -0.05) is 251 Å². The highest BCUT2D eigenvalue weighted by Crippen LogP contribution is 2.26. The fourth-order valence-corrected chi connectivity index (χ4v) is 10.8. The van der Waals surface area contributed by atoms with E-state index < -0.39 is 9.04 Å². The summed E-state index contributed by atoms with van der Waals surface area (Å²) in [5.74, 6) is 0.978. The van der Waals surface area contributed by atoms with Crippen molar-refractivity contribution in [2.45, 2.75) is 289 Å². The summed E-state index contributed by atoms with van der Waals surface area (Å²) in [4.78, 5) is 12.5. The lowest BCUT2D eigenvalue weighted by molar-refractivity contribution is -0.111. The van der Waals surface area contributed by atoms with Crippen molar-refractivity contribution in [2.75, 3.05) is 19.4 Å². The molecule has 0 heterocycles. The van der Waals surface area contributed by atoms with Crippen molar-refractivity contribution in [1.29, 1.82) is 0 Å². The van der Waals surface area contributed by atoms with Gasteiger partial charge in [-0.05, 0) is 45.3 Å². The molecule has 0 rings (SSSR count). The highest BCUT2D eigenvalue weighted by atomic mass is 32.2. The van der Waals surface area contributed by atoms with Gasteiger partial charge < -0.3 is 9.74 Å². The zero-order valence-electron chi connectivity index (χ0n) is 38.0. The van der Waals surface area contributed by atoms with E-state index in [9.17, 15) is 4.79 Å². The first kappa shape index (κ1) is 54.2. The lowest BCUT2D eigenvalue weighted by atomic mass is 9.87. The molecular formula is C49H101NO2SSi. The molecule has 54 heavy (non-hydrogen) atoms. The Bertz CT molecular complexity index is 706. The number of carbonyl (C=O) groups is 1. The van der Waals surface area contributed by atoms with Crippen LogP contribution in [0.4, 0.5) is 0 Å². The molecule has 0 saturated heterocycles. The second-order valence-corrected chi connectivity index (χ2v) is 21.3. The van der Waals surface area contributed by atoms with E-state index in [2.05, 4.69) is 39.7 Å². The minimum Gasteiger partial charge on any atom is -0.418 e. The van der Waals surface area contributed by atoms with Gasteiger partial charge in [0, 0.05) is 17.7 Å². The SMILES string of the molecule is CCCCCCCCCCCCCCCC(CCCCCCCCCCCCCCC)(CO[SiH](C)CCCSC(=O)CCCCCCCCCCC)NC. The van der Waals surface area contributed by atoms with E-state index in [1.54, 1.807) is 11.8 Å². The summed E-state index contributed by atoms with van der Waals surface area (Å²) in [5, 5.41) is 4.25. The summed E-state index contributed by atoms with van der Waals surface area (Å²) in [7, 11) is 0.964. The van der Waals surface area contributed by atoms with Crippen molar-refractivity contribution >= 4 is 25.9 Å². The van der Waals surface area contributed by atoms with Crippen molar-refractivity contribution in [3.63, 3.8) is 0 Å². The molecule has 0 aromatic carbocycles. The van der Waals surface area contributed by atoms with E-state index in [-0.39, 0.29) is 5.54 Å². The Morgan fingerprint density at radius 1 is 0.481 bits per heavy atom. The summed E-state index contributed by atoms with van der Waals surface area (Å²) in [6.07, 6.45) is 53.0. The van der Waals surface area contributed by atoms with Crippen LogP contribution in [0.15, 0.2) is 0 Å². The minimum absolute atomic E-state index is 0.136. The zero-order chi connectivity index (χ0) is 39.5. The molecule has 1 N–H and O–H groups in total. The number of carbonyl (C=O) groups excluding carboxylic acids is 1. The monoisotopic (exact) mass is 796 g/mol. The van der Waals surface area contributed by atoms with E-state index in [1.807, 2.05) is 0 Å². The lowest BCUT2D eigenvalue weighted by Gasteiger charge is -2.35. The summed E-state index contributed by atoms with van der Waals surface area (Å²) in [5.41, 5.74) is 0.136. The molecule has 0 bridgehead atoms. The predicted molar refractivity (Wildman–Crippen MR) is 250 cm³/mol. The van der Waals surface area contributed by atoms with Gasteiger partial charge in [0.25, 0.3) is 0 Å². The molecule has 1 atom stereocenters. The van der Waals surface area contributed by atoms with Crippen LogP contribution in [0.5, 0.6) is 0 Å². The van der Waals surface area contributed by atoms with E-state index in [1.165, 1.54) is 237 Å². The summed E-state index contributed by atoms with van der Waals surface area (Å²) < 4.78 is 6.75. The molecule has 0 radical (unpaired) electrons. The van der Waals surface area contributed by atoms with Crippen LogP contribution in [0.3, 0.4) is 0 Å². The molecule has 0 amide bonds. The maximum Gasteiger partial charge on any atom is 0.188 e. The number of hydrogen-bond donors (Lipinski definition) is 1. The maximum atomic E-state index is 12.5. The predicted octanol–water partition coefficient (Wildman–Crippen LogP) is 16.8. The normalized spacial score (nSPS) is 12.5. The van der Waals surface area contributed by atoms with Gasteiger partial charge in [0.15, 0.2) is 14.2 Å². The van der Waals surface area contributed by atoms with Crippen LogP contribution in [0.2, 0.25) is 12.6 Å². The Morgan fingerprint density at radius 3 is 1.13 bits per heavy atom. The lowest BCUT2D eigenvalue weighted by Crippen LogP contribution is -2.48. The first-order chi connectivity index (χ1) is 26.5. The number of likely N-dealkylation sites (N-methyl/N-ethyl adjacent to an activating group) is 1. The highest BCUT2D eigenvalue weighted by Gasteiger charge is 2.28. The van der Waals surface area contributed by atoms with Gasteiger partial charge in [-0.2, -0.15) is 0 Å². The molecule has 0 spiro atoms. The quantitative estimate of drug-likeness (QED) is 0.0492. The largest absolute Gasteiger partial charge is 0.418 e. The van der Waals surface area contributed by atoms with E-state index in [4.69, 9.17) is 4.43 Å². The van der Waals surface area contributed by atoms with Gasteiger partial charge in [-0.15, -0.1) is 0 Å². The smallest absolute Gasteiger partial charge is 0.188 e. The third-order valence-corrected chi connectivity index (χ3v) is 15.2. The zero-order valence-corrected chi connectivity index (χ0v) is 40.0. The Kier molecular flexibility index (Phi) is 44.4. The molecule has 0 aliphatic heterocycles. The van der Waals surface area contributed by atoms with Crippen LogP contribution in [-0.2, 0) is 9.22 Å². The number of thioether (sulfide) groups is 1. The molecule has 324 valence electrons. The highest BCUT2D eigenvalue weighted by molar-refractivity contribution is 8.13. The number of unbranched alkanes of at least 4 members (excludes halogenated alkanes) is 32. The van der Waals surface area contributed by atoms with Gasteiger partial charge in [-0.25, -0.2) is 0 Å². The van der Waals surface area contributed by atoms with Crippen molar-refractivity contribution in [3.8, 4) is 0 Å². The van der Waals surface area contributed by atoms with Crippen LogP contribution >= 0.6 is 11.8 Å². The average molecular weight is 797 g/mol. The van der Waals surface area contributed by atoms with Gasteiger partial charge in [0.05, 0.1) is 6.61 Å². The number of nitrogens with one attached hydrogen (secondary N) is 1. The van der Waals surface area contributed by atoms with E-state index in [0.717, 1.165) is 31.6 Å². The Labute approximate surface area is 347 Å². The van der Waals surface area contributed by atoms with Crippen molar-refractivity contribution < 1.29 is 9.22 Å². The second-order valence-electron chi connectivity index (χ2n) is 17.6. The van der Waals surface area contributed by atoms with E-state index >= 15 is 0 Å². The molecule has 0 aromatic rings. The van der Waals surface area contributed by atoms with Crippen LogP contribution in [-0.4, -0.2) is 39.1 Å². The van der Waals surface area contributed by atoms with Gasteiger partial charge in [0.1, 0.15) is 0 Å². The Morgan fingerprint density at radius 2 is 0.796 bits per heavy atom. The molecular weight excluding hydrogens is 695 g/mol. The molecule has 3 nitrogen and oxygen atoms in total. The summed E-state index contributed by atoms with van der Waals surface area (Å²) in [6, 6.07) is 1.19. The van der Waals surface area contributed by atoms with Gasteiger partial charge >= 0.3 is 0 Å². The van der Waals surface area contributed by atoms with Gasteiger partial charge in [-0.3, -0.25) is 4.79 Å². The first-order valence-corrected chi connectivity index (χ1v) is 28.4. The Hall–Kier alpha value is 0.157. The number of rotatable bonds is 46. The maximum absolute atomic E-state index is 12.5. The fourth-order valence-electron chi connectivity index (χ4n) is 8.15. The summed E-state index contributed by atoms with van der Waals surface area (Å²) >= 11 is 1.59. The molecule has 0 aromatic heterocycles. The standard InChI is InChI=1S/C49H101NO2SSi/c1-6-9-12-15-18-21-23-25-27-30-33-36-39-43-49(50-4,44-40-37-34-31-28-26-24-22-19-16-13-10-7-2)47-52-54(5)46-41-45-53-48(51)42-38-35-32-29-20-17-14-11-8-3/h50,54H,6-47H2,1-5H3. The molecule has 5 heteroatoms.